The largest absolute Gasteiger partial charge is 0.358 e. The fraction of sp³-hybridized carbons (Fsp3) is 0.0769. The van der Waals surface area contributed by atoms with E-state index in [9.17, 15) is 4.79 Å². The molecule has 152 valence electrons. The Bertz CT molecular complexity index is 1500. The molecule has 0 radical (unpaired) electrons. The second-order valence-electron chi connectivity index (χ2n) is 7.55. The van der Waals surface area contributed by atoms with E-state index in [0.717, 1.165) is 31.3 Å². The van der Waals surface area contributed by atoms with E-state index in [1.54, 1.807) is 4.57 Å². The molecule has 0 atom stereocenters. The van der Waals surface area contributed by atoms with Crippen LogP contribution in [0.1, 0.15) is 22.6 Å². The molecule has 4 nitrogen and oxygen atoms in total. The lowest BCUT2D eigenvalue weighted by Crippen LogP contribution is -2.24. The molecule has 31 heavy (non-hydrogen) atoms. The Morgan fingerprint density at radius 1 is 0.968 bits per heavy atom. The lowest BCUT2D eigenvalue weighted by molar-refractivity contribution is 0.738. The molecule has 1 N–H and O–H groups in total. The number of benzene rings is 3. The SMILES string of the molecule is Cc1[nH]c2ccccc2c1C=Cc1nc2ccc(I)cc2c(=O)n1Cc1ccccc1. The van der Waals surface area contributed by atoms with E-state index in [-0.39, 0.29) is 5.56 Å². The topological polar surface area (TPSA) is 50.7 Å². The molecule has 2 aromatic heterocycles. The number of aromatic amines is 1. The highest BCUT2D eigenvalue weighted by molar-refractivity contribution is 14.1. The standard InChI is InChI=1S/C26H20IN3O/c1-17-20(21-9-5-6-10-23(21)28-17)12-14-25-29-24-13-11-19(27)15-22(24)26(31)30(25)16-18-7-3-2-4-8-18/h2-15,28H,16H2,1H3. The van der Waals surface area contributed by atoms with Crippen LogP contribution < -0.4 is 5.56 Å². The molecule has 5 heteroatoms. The van der Waals surface area contributed by atoms with Crippen LogP contribution in [0.4, 0.5) is 0 Å². The maximum absolute atomic E-state index is 13.4. The van der Waals surface area contributed by atoms with Gasteiger partial charge in [0.05, 0.1) is 17.4 Å². The van der Waals surface area contributed by atoms with Crippen LogP contribution in [0.2, 0.25) is 0 Å². The van der Waals surface area contributed by atoms with Gasteiger partial charge in [0.25, 0.3) is 5.56 Å². The van der Waals surface area contributed by atoms with Crippen molar-refractivity contribution in [2.24, 2.45) is 0 Å². The van der Waals surface area contributed by atoms with Crippen molar-refractivity contribution < 1.29 is 0 Å². The first-order chi connectivity index (χ1) is 15.1. The summed E-state index contributed by atoms with van der Waals surface area (Å²) in [5, 5.41) is 1.80. The Balaban J connectivity index is 1.68. The Morgan fingerprint density at radius 3 is 2.58 bits per heavy atom. The number of rotatable bonds is 4. The fourth-order valence-corrected chi connectivity index (χ4v) is 4.42. The maximum Gasteiger partial charge on any atom is 0.261 e. The predicted octanol–water partition coefficient (Wildman–Crippen LogP) is 6.01. The number of hydrogen-bond acceptors (Lipinski definition) is 2. The number of nitrogens with zero attached hydrogens (tertiary/aromatic N) is 2. The Labute approximate surface area is 193 Å². The smallest absolute Gasteiger partial charge is 0.261 e. The molecule has 0 aliphatic carbocycles. The van der Waals surface area contributed by atoms with Gasteiger partial charge >= 0.3 is 0 Å². The summed E-state index contributed by atoms with van der Waals surface area (Å²) < 4.78 is 2.78. The molecule has 0 aliphatic rings. The molecule has 0 saturated carbocycles. The lowest BCUT2D eigenvalue weighted by Gasteiger charge is -2.12. The minimum atomic E-state index is -0.0253. The Kier molecular flexibility index (Phi) is 5.19. The summed E-state index contributed by atoms with van der Waals surface area (Å²) in [6.45, 7) is 2.53. The van der Waals surface area contributed by atoms with Crippen LogP contribution in [-0.2, 0) is 6.54 Å². The zero-order chi connectivity index (χ0) is 21.4. The van der Waals surface area contributed by atoms with E-state index in [4.69, 9.17) is 4.98 Å². The molecule has 0 bridgehead atoms. The van der Waals surface area contributed by atoms with Gasteiger partial charge in [-0.05, 0) is 71.5 Å². The Hall–Kier alpha value is -3.19. The van der Waals surface area contributed by atoms with Gasteiger partial charge in [-0.15, -0.1) is 0 Å². The van der Waals surface area contributed by atoms with Crippen molar-refractivity contribution in [1.82, 2.24) is 14.5 Å². The van der Waals surface area contributed by atoms with E-state index in [1.807, 2.05) is 66.7 Å². The molecule has 0 saturated heterocycles. The van der Waals surface area contributed by atoms with Crippen LogP contribution in [0.3, 0.4) is 0 Å². The summed E-state index contributed by atoms with van der Waals surface area (Å²) in [5.41, 5.74) is 5.05. The van der Waals surface area contributed by atoms with Crippen molar-refractivity contribution in [3.05, 3.63) is 109 Å². The van der Waals surface area contributed by atoms with E-state index >= 15 is 0 Å². The van der Waals surface area contributed by atoms with Gasteiger partial charge < -0.3 is 4.98 Å². The molecule has 5 rings (SSSR count). The zero-order valence-electron chi connectivity index (χ0n) is 17.0. The molecule has 2 heterocycles. The fourth-order valence-electron chi connectivity index (χ4n) is 3.93. The van der Waals surface area contributed by atoms with Gasteiger partial charge in [0.15, 0.2) is 0 Å². The predicted molar refractivity (Wildman–Crippen MR) is 136 cm³/mol. The third-order valence-corrected chi connectivity index (χ3v) is 6.14. The van der Waals surface area contributed by atoms with Gasteiger partial charge in [-0.2, -0.15) is 0 Å². The third kappa shape index (κ3) is 3.81. The second kappa shape index (κ2) is 8.15. The van der Waals surface area contributed by atoms with Gasteiger partial charge in [-0.1, -0.05) is 48.5 Å². The van der Waals surface area contributed by atoms with Gasteiger partial charge in [0.1, 0.15) is 5.82 Å². The number of aromatic nitrogens is 3. The summed E-state index contributed by atoms with van der Waals surface area (Å²) in [6.07, 6.45) is 4.00. The average molecular weight is 517 g/mol. The Morgan fingerprint density at radius 2 is 1.74 bits per heavy atom. The number of halogens is 1. The number of hydrogen-bond donors (Lipinski definition) is 1. The molecular formula is C26H20IN3O. The summed E-state index contributed by atoms with van der Waals surface area (Å²) in [6, 6.07) is 24.1. The molecule has 3 aromatic carbocycles. The molecule has 0 fully saturated rings. The third-order valence-electron chi connectivity index (χ3n) is 5.47. The van der Waals surface area contributed by atoms with E-state index < -0.39 is 0 Å². The quantitative estimate of drug-likeness (QED) is 0.297. The number of H-pyrrole nitrogens is 1. The first kappa shape index (κ1) is 19.8. The minimum absolute atomic E-state index is 0.0253. The maximum atomic E-state index is 13.4. The first-order valence-corrected chi connectivity index (χ1v) is 11.2. The molecule has 5 aromatic rings. The molecule has 0 amide bonds. The highest BCUT2D eigenvalue weighted by atomic mass is 127. The van der Waals surface area contributed by atoms with Crippen molar-refractivity contribution in [3.63, 3.8) is 0 Å². The normalized spacial score (nSPS) is 11.7. The van der Waals surface area contributed by atoms with Crippen molar-refractivity contribution in [3.8, 4) is 0 Å². The van der Waals surface area contributed by atoms with Crippen LogP contribution in [0.5, 0.6) is 0 Å². The lowest BCUT2D eigenvalue weighted by atomic mass is 10.1. The van der Waals surface area contributed by atoms with Gasteiger partial charge in [-0.25, -0.2) is 4.98 Å². The summed E-state index contributed by atoms with van der Waals surface area (Å²) in [7, 11) is 0. The molecule has 0 aliphatic heterocycles. The van der Waals surface area contributed by atoms with Crippen molar-refractivity contribution in [2.45, 2.75) is 13.5 Å². The second-order valence-corrected chi connectivity index (χ2v) is 8.80. The van der Waals surface area contributed by atoms with E-state index in [0.29, 0.717) is 23.3 Å². The summed E-state index contributed by atoms with van der Waals surface area (Å²) in [5.74, 6) is 0.646. The van der Waals surface area contributed by atoms with Crippen molar-refractivity contribution in [2.75, 3.05) is 0 Å². The first-order valence-electron chi connectivity index (χ1n) is 10.1. The van der Waals surface area contributed by atoms with Crippen LogP contribution >= 0.6 is 22.6 Å². The molecule has 0 unspecified atom stereocenters. The highest BCUT2D eigenvalue weighted by Gasteiger charge is 2.11. The van der Waals surface area contributed by atoms with Crippen LogP contribution in [0, 0.1) is 10.5 Å². The summed E-state index contributed by atoms with van der Waals surface area (Å²) in [4.78, 5) is 21.7. The van der Waals surface area contributed by atoms with Gasteiger partial charge in [-0.3, -0.25) is 9.36 Å². The van der Waals surface area contributed by atoms with E-state index in [2.05, 4.69) is 52.7 Å². The number of fused-ring (bicyclic) bond motifs is 2. The number of para-hydroxylation sites is 1. The van der Waals surface area contributed by atoms with Crippen LogP contribution in [-0.4, -0.2) is 14.5 Å². The molecular weight excluding hydrogens is 497 g/mol. The highest BCUT2D eigenvalue weighted by Crippen LogP contribution is 2.24. The van der Waals surface area contributed by atoms with Crippen molar-refractivity contribution in [1.29, 1.82) is 0 Å². The van der Waals surface area contributed by atoms with E-state index in [1.165, 1.54) is 0 Å². The molecule has 0 spiro atoms. The van der Waals surface area contributed by atoms with Crippen LogP contribution in [0.15, 0.2) is 77.6 Å². The number of aryl methyl sites for hydroxylation is 1. The van der Waals surface area contributed by atoms with Crippen LogP contribution in [0.25, 0.3) is 34.0 Å². The zero-order valence-corrected chi connectivity index (χ0v) is 19.1. The number of nitrogens with one attached hydrogen (secondary N) is 1. The average Bonchev–Trinajstić information content (AvgIpc) is 3.10. The van der Waals surface area contributed by atoms with Crippen molar-refractivity contribution >= 4 is 56.5 Å². The summed E-state index contributed by atoms with van der Waals surface area (Å²) >= 11 is 2.23. The van der Waals surface area contributed by atoms with Gasteiger partial charge in [0.2, 0.25) is 0 Å². The monoisotopic (exact) mass is 517 g/mol. The minimum Gasteiger partial charge on any atom is -0.358 e. The van der Waals surface area contributed by atoms with Gasteiger partial charge in [0, 0.05) is 25.7 Å².